The first-order valence-corrected chi connectivity index (χ1v) is 6.23. The van der Waals surface area contributed by atoms with E-state index in [1.165, 1.54) is 12.1 Å². The van der Waals surface area contributed by atoms with Gasteiger partial charge in [0.15, 0.2) is 6.61 Å². The number of nitrogens with two attached hydrogens (primary N) is 1. The Morgan fingerprint density at radius 2 is 2.10 bits per heavy atom. The SMILES string of the molecule is CCCNCc1cc(F)cc(OCC(=O)NC(N)=O)c1. The molecular formula is C13H18FN3O3. The molecule has 0 heterocycles. The maximum absolute atomic E-state index is 13.4. The molecule has 6 nitrogen and oxygen atoms in total. The zero-order chi connectivity index (χ0) is 15.0. The average molecular weight is 283 g/mol. The van der Waals surface area contributed by atoms with Crippen LogP contribution in [0.2, 0.25) is 0 Å². The molecule has 0 fully saturated rings. The fourth-order valence-corrected chi connectivity index (χ4v) is 1.54. The minimum Gasteiger partial charge on any atom is -0.484 e. The second-order valence-corrected chi connectivity index (χ2v) is 4.17. The highest BCUT2D eigenvalue weighted by Gasteiger charge is 2.07. The maximum Gasteiger partial charge on any atom is 0.318 e. The van der Waals surface area contributed by atoms with Crippen LogP contribution in [-0.2, 0) is 11.3 Å². The summed E-state index contributed by atoms with van der Waals surface area (Å²) in [7, 11) is 0. The number of hydrogen-bond acceptors (Lipinski definition) is 4. The number of carbonyl (C=O) groups excluding carboxylic acids is 2. The van der Waals surface area contributed by atoms with Gasteiger partial charge in [0.05, 0.1) is 0 Å². The quantitative estimate of drug-likeness (QED) is 0.648. The molecule has 0 saturated carbocycles. The highest BCUT2D eigenvalue weighted by Crippen LogP contribution is 2.16. The monoisotopic (exact) mass is 283 g/mol. The lowest BCUT2D eigenvalue weighted by Crippen LogP contribution is -2.38. The summed E-state index contributed by atoms with van der Waals surface area (Å²) < 4.78 is 18.5. The molecule has 1 aromatic rings. The molecule has 0 aliphatic carbocycles. The molecule has 0 aliphatic heterocycles. The van der Waals surface area contributed by atoms with Crippen LogP contribution < -0.4 is 21.1 Å². The van der Waals surface area contributed by atoms with Crippen molar-refractivity contribution in [2.24, 2.45) is 5.73 Å². The summed E-state index contributed by atoms with van der Waals surface area (Å²) in [4.78, 5) is 21.6. The van der Waals surface area contributed by atoms with Crippen molar-refractivity contribution < 1.29 is 18.7 Å². The lowest BCUT2D eigenvalue weighted by Gasteiger charge is -2.09. The Morgan fingerprint density at radius 3 is 2.75 bits per heavy atom. The van der Waals surface area contributed by atoms with Crippen LogP contribution in [0.25, 0.3) is 0 Å². The van der Waals surface area contributed by atoms with Gasteiger partial charge in [0.25, 0.3) is 5.91 Å². The number of ether oxygens (including phenoxy) is 1. The van der Waals surface area contributed by atoms with Crippen LogP contribution in [0.1, 0.15) is 18.9 Å². The number of amides is 3. The molecule has 0 saturated heterocycles. The van der Waals surface area contributed by atoms with E-state index >= 15 is 0 Å². The van der Waals surface area contributed by atoms with Crippen LogP contribution in [0.3, 0.4) is 0 Å². The highest BCUT2D eigenvalue weighted by atomic mass is 19.1. The van der Waals surface area contributed by atoms with E-state index in [1.807, 2.05) is 12.2 Å². The number of primary amides is 1. The number of rotatable bonds is 7. The zero-order valence-electron chi connectivity index (χ0n) is 11.2. The summed E-state index contributed by atoms with van der Waals surface area (Å²) in [5.74, 6) is -0.920. The van der Waals surface area contributed by atoms with E-state index in [0.717, 1.165) is 13.0 Å². The lowest BCUT2D eigenvalue weighted by atomic mass is 10.2. The molecule has 0 bridgehead atoms. The fourth-order valence-electron chi connectivity index (χ4n) is 1.54. The first kappa shape index (κ1) is 15.9. The van der Waals surface area contributed by atoms with Gasteiger partial charge in [-0.3, -0.25) is 10.1 Å². The van der Waals surface area contributed by atoms with E-state index in [1.54, 1.807) is 6.07 Å². The van der Waals surface area contributed by atoms with Crippen LogP contribution in [0.15, 0.2) is 18.2 Å². The van der Waals surface area contributed by atoms with Gasteiger partial charge in [0, 0.05) is 12.6 Å². The van der Waals surface area contributed by atoms with E-state index in [0.29, 0.717) is 12.1 Å². The van der Waals surface area contributed by atoms with Crippen molar-refractivity contribution >= 4 is 11.9 Å². The highest BCUT2D eigenvalue weighted by molar-refractivity contribution is 5.94. The second-order valence-electron chi connectivity index (χ2n) is 4.17. The molecule has 0 spiro atoms. The second kappa shape index (κ2) is 8.11. The zero-order valence-corrected chi connectivity index (χ0v) is 11.2. The Morgan fingerprint density at radius 1 is 1.35 bits per heavy atom. The van der Waals surface area contributed by atoms with E-state index in [9.17, 15) is 14.0 Å². The first-order valence-electron chi connectivity index (χ1n) is 6.23. The molecule has 1 aromatic carbocycles. The Kier molecular flexibility index (Phi) is 6.45. The van der Waals surface area contributed by atoms with E-state index in [2.05, 4.69) is 5.32 Å². The third-order valence-electron chi connectivity index (χ3n) is 2.32. The van der Waals surface area contributed by atoms with Crippen LogP contribution in [-0.4, -0.2) is 25.1 Å². The Bertz CT molecular complexity index is 480. The van der Waals surface area contributed by atoms with Crippen molar-refractivity contribution in [3.63, 3.8) is 0 Å². The number of nitrogens with one attached hydrogen (secondary N) is 2. The van der Waals surface area contributed by atoms with Gasteiger partial charge < -0.3 is 15.8 Å². The van der Waals surface area contributed by atoms with Gasteiger partial charge in [-0.2, -0.15) is 0 Å². The number of imide groups is 1. The largest absolute Gasteiger partial charge is 0.484 e. The first-order chi connectivity index (χ1) is 9.51. The molecule has 0 atom stereocenters. The Labute approximate surface area is 116 Å². The summed E-state index contributed by atoms with van der Waals surface area (Å²) in [6.07, 6.45) is 0.978. The lowest BCUT2D eigenvalue weighted by molar-refractivity contribution is -0.121. The molecule has 110 valence electrons. The van der Waals surface area contributed by atoms with Crippen molar-refractivity contribution in [1.82, 2.24) is 10.6 Å². The fraction of sp³-hybridized carbons (Fsp3) is 0.385. The predicted octanol–water partition coefficient (Wildman–Crippen LogP) is 0.899. The normalized spacial score (nSPS) is 10.1. The Hall–Kier alpha value is -2.15. The van der Waals surface area contributed by atoms with Crippen LogP contribution >= 0.6 is 0 Å². The van der Waals surface area contributed by atoms with Crippen molar-refractivity contribution in [2.45, 2.75) is 19.9 Å². The van der Waals surface area contributed by atoms with Gasteiger partial charge in [-0.05, 0) is 30.7 Å². The standard InChI is InChI=1S/C13H18FN3O3/c1-2-3-16-7-9-4-10(14)6-11(5-9)20-8-12(18)17-13(15)19/h4-6,16H,2-3,7-8H2,1H3,(H3,15,17,18,19). The summed E-state index contributed by atoms with van der Waals surface area (Å²) >= 11 is 0. The molecule has 0 unspecified atom stereocenters. The molecule has 3 amide bonds. The molecule has 0 radical (unpaired) electrons. The number of carbonyl (C=O) groups is 2. The van der Waals surface area contributed by atoms with Crippen molar-refractivity contribution in [1.29, 1.82) is 0 Å². The van der Waals surface area contributed by atoms with Crippen molar-refractivity contribution in [3.8, 4) is 5.75 Å². The molecule has 0 aliphatic rings. The average Bonchev–Trinajstić information content (AvgIpc) is 2.35. The van der Waals surface area contributed by atoms with Gasteiger partial charge in [0.2, 0.25) is 0 Å². The summed E-state index contributed by atoms with van der Waals surface area (Å²) in [5.41, 5.74) is 5.50. The molecule has 20 heavy (non-hydrogen) atoms. The van der Waals surface area contributed by atoms with Gasteiger partial charge in [-0.15, -0.1) is 0 Å². The van der Waals surface area contributed by atoms with Gasteiger partial charge in [-0.1, -0.05) is 6.92 Å². The topological polar surface area (TPSA) is 93.4 Å². The summed E-state index contributed by atoms with van der Waals surface area (Å²) in [6, 6.07) is 3.23. The van der Waals surface area contributed by atoms with Crippen LogP contribution in [0.5, 0.6) is 5.75 Å². The van der Waals surface area contributed by atoms with Gasteiger partial charge in [0.1, 0.15) is 11.6 Å². The number of halogens is 1. The van der Waals surface area contributed by atoms with Crippen LogP contribution in [0, 0.1) is 5.82 Å². The number of hydrogen-bond donors (Lipinski definition) is 3. The number of urea groups is 1. The summed E-state index contributed by atoms with van der Waals surface area (Å²) in [6.45, 7) is 2.96. The van der Waals surface area contributed by atoms with E-state index < -0.39 is 24.4 Å². The minimum absolute atomic E-state index is 0.220. The van der Waals surface area contributed by atoms with E-state index in [-0.39, 0.29) is 5.75 Å². The summed E-state index contributed by atoms with van der Waals surface area (Å²) in [5, 5.41) is 4.99. The van der Waals surface area contributed by atoms with Gasteiger partial charge in [-0.25, -0.2) is 9.18 Å². The Balaban J connectivity index is 2.56. The predicted molar refractivity (Wildman–Crippen MR) is 71.6 cm³/mol. The maximum atomic E-state index is 13.4. The molecule has 7 heteroatoms. The molecule has 4 N–H and O–H groups in total. The number of benzene rings is 1. The van der Waals surface area contributed by atoms with E-state index in [4.69, 9.17) is 10.5 Å². The smallest absolute Gasteiger partial charge is 0.318 e. The third-order valence-corrected chi connectivity index (χ3v) is 2.32. The van der Waals surface area contributed by atoms with Crippen LogP contribution in [0.4, 0.5) is 9.18 Å². The molecule has 0 aromatic heterocycles. The molecule has 1 rings (SSSR count). The third kappa shape index (κ3) is 6.14. The minimum atomic E-state index is -0.956. The van der Waals surface area contributed by atoms with Gasteiger partial charge >= 0.3 is 6.03 Å². The van der Waals surface area contributed by atoms with Crippen molar-refractivity contribution in [2.75, 3.05) is 13.2 Å². The van der Waals surface area contributed by atoms with Crippen molar-refractivity contribution in [3.05, 3.63) is 29.6 Å². The molecular weight excluding hydrogens is 265 g/mol.